The van der Waals surface area contributed by atoms with Gasteiger partial charge in [-0.25, -0.2) is 0 Å². The van der Waals surface area contributed by atoms with Crippen LogP contribution in [0.1, 0.15) is 106 Å². The Morgan fingerprint density at radius 1 is 0.692 bits per heavy atom. The molecule has 4 saturated carbocycles. The third kappa shape index (κ3) is 7.89. The highest BCUT2D eigenvalue weighted by Gasteiger charge is 2.70. The molecule has 65 heavy (non-hydrogen) atoms. The lowest BCUT2D eigenvalue weighted by molar-refractivity contribution is -0.328. The molecule has 3 saturated heterocycles. The molecule has 3 heterocycles. The minimum Gasteiger partial charge on any atom is -0.432 e. The maximum atomic E-state index is 14.9. The Hall–Kier alpha value is -1.43. The van der Waals surface area contributed by atoms with Crippen molar-refractivity contribution in [3.05, 3.63) is 11.6 Å². The summed E-state index contributed by atoms with van der Waals surface area (Å²) in [5.74, 6) is -0.485. The van der Waals surface area contributed by atoms with Crippen molar-refractivity contribution in [2.75, 3.05) is 26.4 Å². The SMILES string of the molecule is CC1(C)CC[C@]2(C(=O)O[C@@H]3O[C@H](CO[C@@H]4O[C@H](CO)[C@@H](O)[C@H](O)[C@H]4O)[C@@H](O)[C@H](O)[C@H]3O)CC[C@]3(C)C(=CC[C@@H]4[C@]5(C)CC[C@H](O[C@@H]6OC[C@H](O)[C@H](O)[C@H]6O)[C@@](C)(CO)[C@@H]5CC[C@@]43C)[C@@H]2C1. The van der Waals surface area contributed by atoms with Gasteiger partial charge < -0.3 is 84.6 Å². The highest BCUT2D eigenvalue weighted by atomic mass is 16.7. The number of fused-ring (bicyclic) bond motifs is 7. The van der Waals surface area contributed by atoms with Crippen molar-refractivity contribution in [1.29, 1.82) is 0 Å². The summed E-state index contributed by atoms with van der Waals surface area (Å²) in [6.45, 7) is 12.1. The Morgan fingerprint density at radius 3 is 2.00 bits per heavy atom. The van der Waals surface area contributed by atoms with E-state index in [4.69, 9.17) is 28.4 Å². The molecule has 0 spiro atoms. The molecule has 11 N–H and O–H groups in total. The Labute approximate surface area is 380 Å². The lowest BCUT2D eigenvalue weighted by Gasteiger charge is -2.71. The third-order valence-corrected chi connectivity index (χ3v) is 19.0. The predicted octanol–water partition coefficient (Wildman–Crippen LogP) is -0.248. The number of aliphatic hydroxyl groups excluding tert-OH is 11. The fourth-order valence-corrected chi connectivity index (χ4v) is 14.7. The van der Waals surface area contributed by atoms with Gasteiger partial charge in [-0.2, -0.15) is 0 Å². The van der Waals surface area contributed by atoms with E-state index in [1.54, 1.807) is 0 Å². The molecule has 0 aromatic rings. The summed E-state index contributed by atoms with van der Waals surface area (Å²) in [6, 6.07) is 0. The smallest absolute Gasteiger partial charge is 0.315 e. The van der Waals surface area contributed by atoms with E-state index in [9.17, 15) is 61.0 Å². The van der Waals surface area contributed by atoms with Gasteiger partial charge in [0.1, 0.15) is 67.1 Å². The van der Waals surface area contributed by atoms with E-state index in [0.717, 1.165) is 38.5 Å². The van der Waals surface area contributed by atoms with E-state index in [1.807, 2.05) is 0 Å². The highest BCUT2D eigenvalue weighted by Crippen LogP contribution is 2.76. The summed E-state index contributed by atoms with van der Waals surface area (Å²) < 4.78 is 35.2. The van der Waals surface area contributed by atoms with Crippen LogP contribution < -0.4 is 0 Å². The largest absolute Gasteiger partial charge is 0.432 e. The molecule has 0 aromatic carbocycles. The number of allylic oxidation sites excluding steroid dienone is 2. The molecule has 372 valence electrons. The molecule has 0 unspecified atom stereocenters. The first-order valence-electron chi connectivity index (χ1n) is 23.9. The summed E-state index contributed by atoms with van der Waals surface area (Å²) >= 11 is 0. The molecular formula is C47H76O18. The zero-order chi connectivity index (χ0) is 47.4. The van der Waals surface area contributed by atoms with E-state index >= 15 is 0 Å². The van der Waals surface area contributed by atoms with E-state index in [2.05, 4.69) is 47.6 Å². The van der Waals surface area contributed by atoms with Crippen LogP contribution in [0.25, 0.3) is 0 Å². The van der Waals surface area contributed by atoms with Gasteiger partial charge in [0.2, 0.25) is 6.29 Å². The first kappa shape index (κ1) is 50.0. The molecule has 0 amide bonds. The Bertz CT molecular complexity index is 1760. The number of hydrogen-bond donors (Lipinski definition) is 11. The first-order valence-corrected chi connectivity index (χ1v) is 23.9. The lowest BCUT2D eigenvalue weighted by atomic mass is 9.33. The van der Waals surface area contributed by atoms with Crippen LogP contribution in [0.3, 0.4) is 0 Å². The maximum Gasteiger partial charge on any atom is 0.315 e. The Morgan fingerprint density at radius 2 is 1.32 bits per heavy atom. The van der Waals surface area contributed by atoms with Crippen LogP contribution >= 0.6 is 0 Å². The fourth-order valence-electron chi connectivity index (χ4n) is 14.7. The van der Waals surface area contributed by atoms with Crippen LogP contribution in [0.15, 0.2) is 11.6 Å². The molecule has 0 radical (unpaired) electrons. The Kier molecular flexibility index (Phi) is 13.7. The second-order valence-electron chi connectivity index (χ2n) is 22.9. The minimum atomic E-state index is -1.81. The predicted molar refractivity (Wildman–Crippen MR) is 226 cm³/mol. The molecule has 23 atom stereocenters. The van der Waals surface area contributed by atoms with E-state index in [1.165, 1.54) is 5.57 Å². The van der Waals surface area contributed by atoms with Gasteiger partial charge in [0.25, 0.3) is 0 Å². The zero-order valence-electron chi connectivity index (χ0n) is 38.6. The van der Waals surface area contributed by atoms with Crippen molar-refractivity contribution in [2.45, 2.75) is 198 Å². The molecule has 7 fully saturated rings. The van der Waals surface area contributed by atoms with Crippen LogP contribution in [-0.4, -0.2) is 181 Å². The normalized spacial score (nSPS) is 54.3. The molecular weight excluding hydrogens is 852 g/mol. The van der Waals surface area contributed by atoms with Gasteiger partial charge in [0.05, 0.1) is 37.9 Å². The van der Waals surface area contributed by atoms with Crippen molar-refractivity contribution < 1.29 is 89.4 Å². The third-order valence-electron chi connectivity index (χ3n) is 19.0. The number of esters is 1. The summed E-state index contributed by atoms with van der Waals surface area (Å²) in [6.07, 6.45) is -12.5. The lowest BCUT2D eigenvalue weighted by Crippen LogP contribution is -2.67. The number of ether oxygens (including phenoxy) is 6. The first-order chi connectivity index (χ1) is 30.4. The van der Waals surface area contributed by atoms with Crippen molar-refractivity contribution >= 4 is 5.97 Å². The second-order valence-corrected chi connectivity index (χ2v) is 22.9. The number of carbonyl (C=O) groups is 1. The molecule has 18 heteroatoms. The highest BCUT2D eigenvalue weighted by molar-refractivity contribution is 5.79. The fraction of sp³-hybridized carbons (Fsp3) is 0.936. The van der Waals surface area contributed by atoms with Crippen molar-refractivity contribution in [3.63, 3.8) is 0 Å². The van der Waals surface area contributed by atoms with Gasteiger partial charge in [-0.3, -0.25) is 4.79 Å². The summed E-state index contributed by atoms with van der Waals surface area (Å²) in [5.41, 5.74) is -1.23. The molecule has 0 aromatic heterocycles. The average molecular weight is 929 g/mol. The topological polar surface area (TPSA) is 295 Å². The Balaban J connectivity index is 1.02. The monoisotopic (exact) mass is 929 g/mol. The van der Waals surface area contributed by atoms with Gasteiger partial charge in [-0.1, -0.05) is 53.2 Å². The zero-order valence-corrected chi connectivity index (χ0v) is 38.6. The van der Waals surface area contributed by atoms with Crippen LogP contribution in [-0.2, 0) is 33.2 Å². The average Bonchev–Trinajstić information content (AvgIpc) is 3.26. The standard InChI is InChI=1S/C47H76O18/c1-42(2)13-15-47(41(59)65-40-37(58)34(55)32(53)26(63-40)20-61-38-36(57)33(54)31(52)25(18-48)62-38)16-14-45(5)22(23(47)17-42)7-8-28-43(3)11-10-29(64-39-35(56)30(51)24(50)19-60-39)44(4,21-49)27(43)9-12-46(28,45)6/h7,23-40,48-58H,8-21H2,1-6H3/t23-,24-,25+,26+,27+,28+,29-,30-,31+,32+,33-,34-,35+,36+,37+,38+,39-,40-,43+,44-,45+,46-,47-/m0/s1. The van der Waals surface area contributed by atoms with E-state index in [0.29, 0.717) is 25.7 Å². The molecule has 3 aliphatic heterocycles. The molecule has 18 nitrogen and oxygen atoms in total. The van der Waals surface area contributed by atoms with Gasteiger partial charge in [-0.15, -0.1) is 0 Å². The maximum absolute atomic E-state index is 14.9. The van der Waals surface area contributed by atoms with Crippen LogP contribution in [0, 0.1) is 50.2 Å². The minimum absolute atomic E-state index is 0.0557. The molecule has 8 aliphatic rings. The number of rotatable bonds is 9. The van der Waals surface area contributed by atoms with Crippen LogP contribution in [0.4, 0.5) is 0 Å². The van der Waals surface area contributed by atoms with Gasteiger partial charge in [0.15, 0.2) is 12.6 Å². The second kappa shape index (κ2) is 17.8. The van der Waals surface area contributed by atoms with E-state index < -0.39 is 122 Å². The van der Waals surface area contributed by atoms with Crippen LogP contribution in [0.2, 0.25) is 0 Å². The summed E-state index contributed by atoms with van der Waals surface area (Å²) in [5, 5.41) is 116. The summed E-state index contributed by atoms with van der Waals surface area (Å²) in [7, 11) is 0. The molecule has 8 rings (SSSR count). The number of hydrogen-bond acceptors (Lipinski definition) is 18. The van der Waals surface area contributed by atoms with E-state index in [-0.39, 0.29) is 52.6 Å². The van der Waals surface area contributed by atoms with Crippen LogP contribution in [0.5, 0.6) is 0 Å². The van der Waals surface area contributed by atoms with Crippen molar-refractivity contribution in [1.82, 2.24) is 0 Å². The van der Waals surface area contributed by atoms with Gasteiger partial charge in [0, 0.05) is 5.41 Å². The van der Waals surface area contributed by atoms with Crippen molar-refractivity contribution in [3.8, 4) is 0 Å². The number of carbonyl (C=O) groups excluding carboxylic acids is 1. The quantitative estimate of drug-likeness (QED) is 0.0808. The van der Waals surface area contributed by atoms with Crippen molar-refractivity contribution in [2.24, 2.45) is 50.2 Å². The number of aliphatic hydroxyl groups is 11. The molecule has 0 bridgehead atoms. The van der Waals surface area contributed by atoms with Gasteiger partial charge in [-0.05, 0) is 104 Å². The molecule has 5 aliphatic carbocycles. The van der Waals surface area contributed by atoms with Gasteiger partial charge >= 0.3 is 5.97 Å². The summed E-state index contributed by atoms with van der Waals surface area (Å²) in [4.78, 5) is 14.9.